The fourth-order valence-electron chi connectivity index (χ4n) is 6.57. The van der Waals surface area contributed by atoms with Crippen LogP contribution in [-0.2, 0) is 16.4 Å². The lowest BCUT2D eigenvalue weighted by Crippen LogP contribution is -2.50. The van der Waals surface area contributed by atoms with E-state index in [2.05, 4.69) is 33.6 Å². The van der Waals surface area contributed by atoms with Crippen molar-refractivity contribution in [3.05, 3.63) is 36.3 Å². The smallest absolute Gasteiger partial charge is 0.151 e. The van der Waals surface area contributed by atoms with Crippen molar-refractivity contribution in [1.82, 2.24) is 19.7 Å². The van der Waals surface area contributed by atoms with Crippen LogP contribution in [0.3, 0.4) is 0 Å². The maximum absolute atomic E-state index is 11.7. The molecule has 2 aromatic rings. The van der Waals surface area contributed by atoms with Gasteiger partial charge in [0.05, 0.1) is 17.2 Å². The molecule has 1 spiro atoms. The second-order valence-electron chi connectivity index (χ2n) is 9.74. The van der Waals surface area contributed by atoms with Crippen LogP contribution in [0.5, 0.6) is 0 Å². The predicted octanol–water partition coefficient (Wildman–Crippen LogP) is 2.58. The third-order valence-corrected chi connectivity index (χ3v) is 9.97. The Hall–Kier alpha value is -1.73. The van der Waals surface area contributed by atoms with E-state index in [1.165, 1.54) is 18.5 Å². The van der Waals surface area contributed by atoms with Gasteiger partial charge in [-0.1, -0.05) is 0 Å². The molecule has 2 aliphatic carbocycles. The van der Waals surface area contributed by atoms with E-state index in [9.17, 15) is 8.42 Å². The zero-order valence-electron chi connectivity index (χ0n) is 16.9. The normalized spacial score (nSPS) is 34.2. The maximum atomic E-state index is 11.7. The van der Waals surface area contributed by atoms with Crippen LogP contribution >= 0.6 is 0 Å². The van der Waals surface area contributed by atoms with Crippen molar-refractivity contribution < 1.29 is 8.42 Å². The van der Waals surface area contributed by atoms with Crippen molar-refractivity contribution in [3.8, 4) is 11.3 Å². The van der Waals surface area contributed by atoms with Crippen LogP contribution in [0.15, 0.2) is 30.6 Å². The summed E-state index contributed by atoms with van der Waals surface area (Å²) in [6, 6.07) is 6.97. The molecule has 2 aliphatic heterocycles. The lowest BCUT2D eigenvalue weighted by Gasteiger charge is -2.38. The van der Waals surface area contributed by atoms with Gasteiger partial charge < -0.3 is 0 Å². The van der Waals surface area contributed by atoms with Gasteiger partial charge in [0.25, 0.3) is 0 Å². The second kappa shape index (κ2) is 6.14. The third-order valence-electron chi connectivity index (χ3n) is 7.87. The molecule has 0 radical (unpaired) electrons. The molecule has 4 heterocycles. The Labute approximate surface area is 172 Å². The van der Waals surface area contributed by atoms with Gasteiger partial charge in [0.15, 0.2) is 9.84 Å². The summed E-state index contributed by atoms with van der Waals surface area (Å²) in [5, 5.41) is 4.84. The van der Waals surface area contributed by atoms with Crippen molar-refractivity contribution in [2.75, 3.05) is 24.6 Å². The average molecular weight is 413 g/mol. The van der Waals surface area contributed by atoms with Crippen LogP contribution in [0.4, 0.5) is 0 Å². The molecule has 29 heavy (non-hydrogen) atoms. The molecular formula is C22H28N4O2S. The topological polar surface area (TPSA) is 68.1 Å². The number of rotatable bonds is 4. The molecule has 0 unspecified atom stereocenters. The van der Waals surface area contributed by atoms with E-state index in [0.717, 1.165) is 49.1 Å². The summed E-state index contributed by atoms with van der Waals surface area (Å²) in [6.07, 6.45) is 7.27. The Morgan fingerprint density at radius 1 is 1.24 bits per heavy atom. The molecule has 0 aromatic carbocycles. The van der Waals surface area contributed by atoms with Crippen LogP contribution in [0.2, 0.25) is 0 Å². The number of aromatic nitrogens is 3. The summed E-state index contributed by atoms with van der Waals surface area (Å²) >= 11 is 0. The van der Waals surface area contributed by atoms with Gasteiger partial charge in [-0.25, -0.2) is 8.42 Å². The summed E-state index contributed by atoms with van der Waals surface area (Å²) < 4.78 is 25.5. The van der Waals surface area contributed by atoms with Gasteiger partial charge in [0, 0.05) is 54.1 Å². The molecule has 154 valence electrons. The number of likely N-dealkylation sites (tertiary alicyclic amines) is 1. The highest BCUT2D eigenvalue weighted by atomic mass is 32.2. The largest absolute Gasteiger partial charge is 0.300 e. The molecule has 6 rings (SSSR count). The minimum Gasteiger partial charge on any atom is -0.300 e. The molecule has 4 atom stereocenters. The monoisotopic (exact) mass is 412 g/mol. The fraction of sp³-hybridized carbons (Fsp3) is 0.636. The number of pyridine rings is 1. The number of hydrogen-bond donors (Lipinski definition) is 0. The Morgan fingerprint density at radius 3 is 2.69 bits per heavy atom. The molecule has 0 bridgehead atoms. The Bertz CT molecular complexity index is 1020. The van der Waals surface area contributed by atoms with Crippen LogP contribution in [-0.4, -0.2) is 58.7 Å². The molecule has 6 nitrogen and oxygen atoms in total. The Kier molecular flexibility index (Phi) is 3.83. The minimum atomic E-state index is -2.74. The van der Waals surface area contributed by atoms with Gasteiger partial charge in [0.1, 0.15) is 0 Å². The lowest BCUT2D eigenvalue weighted by molar-refractivity contribution is 0.201. The molecule has 2 saturated carbocycles. The fourth-order valence-corrected chi connectivity index (χ4v) is 8.82. The van der Waals surface area contributed by atoms with Crippen LogP contribution in [0.1, 0.15) is 37.8 Å². The zero-order chi connectivity index (χ0) is 19.8. The van der Waals surface area contributed by atoms with Gasteiger partial charge in [0.2, 0.25) is 0 Å². The molecule has 0 N–H and O–H groups in total. The standard InChI is InChI=1S/C22H28N4O2S/c1-2-26-20(10-19(24-26)15-4-3-6-23-11-15)21-17-8-16(9-18(17)21)25-7-5-22(12-25)13-29(27,28)14-22/h3-4,6,10-11,16-18,21H,2,5,7-9,12-14H2,1H3/t16-,17+,18-,21-. The Balaban J connectivity index is 1.14. The number of fused-ring (bicyclic) bond motifs is 1. The minimum absolute atomic E-state index is 0.0878. The molecule has 2 aromatic heterocycles. The number of nitrogens with zero attached hydrogens (tertiary/aromatic N) is 4. The van der Waals surface area contributed by atoms with Crippen molar-refractivity contribution in [2.24, 2.45) is 17.3 Å². The first-order valence-corrected chi connectivity index (χ1v) is 12.7. The Morgan fingerprint density at radius 2 is 2.03 bits per heavy atom. The van der Waals surface area contributed by atoms with E-state index in [1.54, 1.807) is 6.20 Å². The van der Waals surface area contributed by atoms with Crippen molar-refractivity contribution in [3.63, 3.8) is 0 Å². The van der Waals surface area contributed by atoms with E-state index in [4.69, 9.17) is 5.10 Å². The van der Waals surface area contributed by atoms with Crippen LogP contribution < -0.4 is 0 Å². The van der Waals surface area contributed by atoms with Gasteiger partial charge in [-0.3, -0.25) is 14.6 Å². The van der Waals surface area contributed by atoms with Gasteiger partial charge in [-0.15, -0.1) is 0 Å². The van der Waals surface area contributed by atoms with Crippen LogP contribution in [0, 0.1) is 17.3 Å². The highest BCUT2D eigenvalue weighted by Crippen LogP contribution is 2.64. The van der Waals surface area contributed by atoms with E-state index < -0.39 is 9.84 Å². The maximum Gasteiger partial charge on any atom is 0.151 e. The van der Waals surface area contributed by atoms with Crippen molar-refractivity contribution in [2.45, 2.75) is 44.7 Å². The van der Waals surface area contributed by atoms with Gasteiger partial charge >= 0.3 is 0 Å². The van der Waals surface area contributed by atoms with E-state index in [-0.39, 0.29) is 5.41 Å². The molecule has 2 saturated heterocycles. The summed E-state index contributed by atoms with van der Waals surface area (Å²) in [6.45, 7) is 5.15. The first kappa shape index (κ1) is 18.1. The van der Waals surface area contributed by atoms with E-state index >= 15 is 0 Å². The lowest BCUT2D eigenvalue weighted by atomic mass is 9.91. The summed E-state index contributed by atoms with van der Waals surface area (Å²) in [4.78, 5) is 6.84. The van der Waals surface area contributed by atoms with Gasteiger partial charge in [-0.2, -0.15) is 5.10 Å². The highest BCUT2D eigenvalue weighted by molar-refractivity contribution is 7.92. The predicted molar refractivity (Wildman–Crippen MR) is 111 cm³/mol. The third kappa shape index (κ3) is 2.88. The zero-order valence-corrected chi connectivity index (χ0v) is 17.7. The van der Waals surface area contributed by atoms with Crippen LogP contribution in [0.25, 0.3) is 11.3 Å². The average Bonchev–Trinajstić information content (AvgIpc) is 3.13. The summed E-state index contributed by atoms with van der Waals surface area (Å²) in [7, 11) is -2.74. The first-order chi connectivity index (χ1) is 14.0. The molecule has 0 amide bonds. The number of hydrogen-bond acceptors (Lipinski definition) is 5. The summed E-state index contributed by atoms with van der Waals surface area (Å²) in [5.41, 5.74) is 3.60. The van der Waals surface area contributed by atoms with Crippen molar-refractivity contribution in [1.29, 1.82) is 0 Å². The van der Waals surface area contributed by atoms with E-state index in [0.29, 0.717) is 23.5 Å². The van der Waals surface area contributed by atoms with E-state index in [1.807, 2.05) is 12.3 Å². The number of sulfone groups is 1. The van der Waals surface area contributed by atoms with Gasteiger partial charge in [-0.05, 0) is 62.8 Å². The molecule has 4 aliphatic rings. The SMILES string of the molecule is CCn1nc(-c2cccnc2)cc1[C@H]1[C@@H]2C[C@H](N3CCC4(C3)CS(=O)(=O)C4)C[C@@H]21. The number of aryl methyl sites for hydroxylation is 1. The first-order valence-electron chi connectivity index (χ1n) is 10.9. The quantitative estimate of drug-likeness (QED) is 0.772. The summed E-state index contributed by atoms with van der Waals surface area (Å²) in [5.74, 6) is 3.03. The highest BCUT2D eigenvalue weighted by Gasteiger charge is 2.60. The molecule has 4 fully saturated rings. The second-order valence-corrected chi connectivity index (χ2v) is 11.8. The molecule has 7 heteroatoms. The van der Waals surface area contributed by atoms with Crippen molar-refractivity contribution >= 4 is 9.84 Å². The molecular weight excluding hydrogens is 384 g/mol.